The van der Waals surface area contributed by atoms with Gasteiger partial charge in [0.25, 0.3) is 5.91 Å². The summed E-state index contributed by atoms with van der Waals surface area (Å²) in [6.45, 7) is 1.86. The molecule has 0 fully saturated rings. The van der Waals surface area contributed by atoms with Gasteiger partial charge in [-0.25, -0.2) is 0 Å². The number of anilines is 1. The van der Waals surface area contributed by atoms with E-state index in [0.717, 1.165) is 5.56 Å². The van der Waals surface area contributed by atoms with E-state index in [0.29, 0.717) is 16.5 Å². The minimum atomic E-state index is -0.885. The van der Waals surface area contributed by atoms with Crippen molar-refractivity contribution < 1.29 is 19.1 Å². The SMILES string of the molecule is COc1ccccc1C(=O)CC(=O)C(=O)Nc1ccc(C)cc1Cl. The molecule has 124 valence electrons. The second kappa shape index (κ2) is 7.75. The number of benzene rings is 2. The fraction of sp³-hybridized carbons (Fsp3) is 0.167. The molecule has 0 unspecified atom stereocenters. The lowest BCUT2D eigenvalue weighted by Gasteiger charge is -2.08. The van der Waals surface area contributed by atoms with E-state index in [1.54, 1.807) is 42.5 Å². The first-order valence-electron chi connectivity index (χ1n) is 7.19. The van der Waals surface area contributed by atoms with Crippen LogP contribution in [0.4, 0.5) is 5.69 Å². The molecule has 0 aliphatic heterocycles. The Bertz CT molecular complexity index is 801. The van der Waals surface area contributed by atoms with E-state index in [-0.39, 0.29) is 5.56 Å². The number of nitrogens with one attached hydrogen (secondary N) is 1. The molecule has 0 heterocycles. The lowest BCUT2D eigenvalue weighted by Crippen LogP contribution is -2.25. The number of hydrogen-bond donors (Lipinski definition) is 1. The maximum Gasteiger partial charge on any atom is 0.292 e. The number of halogens is 1. The molecule has 2 rings (SSSR count). The monoisotopic (exact) mass is 345 g/mol. The van der Waals surface area contributed by atoms with Gasteiger partial charge < -0.3 is 10.1 Å². The van der Waals surface area contributed by atoms with Crippen LogP contribution in [0.2, 0.25) is 5.02 Å². The van der Waals surface area contributed by atoms with E-state index >= 15 is 0 Å². The summed E-state index contributed by atoms with van der Waals surface area (Å²) in [5, 5.41) is 2.74. The molecule has 0 aliphatic rings. The summed E-state index contributed by atoms with van der Waals surface area (Å²) in [6.07, 6.45) is -0.546. The summed E-state index contributed by atoms with van der Waals surface area (Å²) in [6, 6.07) is 11.6. The molecule has 2 aromatic carbocycles. The molecule has 24 heavy (non-hydrogen) atoms. The fourth-order valence-electron chi connectivity index (χ4n) is 2.11. The van der Waals surface area contributed by atoms with Gasteiger partial charge in [-0.05, 0) is 36.8 Å². The number of Topliss-reactive ketones (excluding diaryl/α,β-unsaturated/α-hetero) is 2. The van der Waals surface area contributed by atoms with Gasteiger partial charge in [0.2, 0.25) is 5.78 Å². The Morgan fingerprint density at radius 2 is 1.83 bits per heavy atom. The number of hydrogen-bond acceptors (Lipinski definition) is 4. The highest BCUT2D eigenvalue weighted by Gasteiger charge is 2.21. The lowest BCUT2D eigenvalue weighted by molar-refractivity contribution is -0.134. The molecule has 1 amide bonds. The standard InChI is InChI=1S/C18H16ClNO4/c1-11-7-8-14(13(19)9-11)20-18(23)16(22)10-15(21)12-5-3-4-6-17(12)24-2/h3-9H,10H2,1-2H3,(H,20,23). The Balaban J connectivity index is 2.06. The van der Waals surface area contributed by atoms with E-state index in [1.807, 2.05) is 6.92 Å². The molecule has 0 aromatic heterocycles. The van der Waals surface area contributed by atoms with Gasteiger partial charge in [-0.1, -0.05) is 29.8 Å². The highest BCUT2D eigenvalue weighted by molar-refractivity contribution is 6.45. The van der Waals surface area contributed by atoms with Crippen LogP contribution in [0.5, 0.6) is 5.75 Å². The second-order valence-corrected chi connectivity index (χ2v) is 5.57. The molecule has 0 saturated carbocycles. The van der Waals surface area contributed by atoms with Crippen molar-refractivity contribution in [1.29, 1.82) is 0 Å². The van der Waals surface area contributed by atoms with Crippen molar-refractivity contribution in [2.45, 2.75) is 13.3 Å². The number of aryl methyl sites for hydroxylation is 1. The van der Waals surface area contributed by atoms with Crippen molar-refractivity contribution in [2.24, 2.45) is 0 Å². The zero-order chi connectivity index (χ0) is 17.7. The first kappa shape index (κ1) is 17.7. The number of carbonyl (C=O) groups excluding carboxylic acids is 3. The largest absolute Gasteiger partial charge is 0.496 e. The Labute approximate surface area is 144 Å². The van der Waals surface area contributed by atoms with Gasteiger partial charge in [0.1, 0.15) is 5.75 Å². The van der Waals surface area contributed by atoms with E-state index in [1.165, 1.54) is 7.11 Å². The first-order valence-corrected chi connectivity index (χ1v) is 7.56. The van der Waals surface area contributed by atoms with Crippen LogP contribution in [0.15, 0.2) is 42.5 Å². The van der Waals surface area contributed by atoms with Crippen LogP contribution < -0.4 is 10.1 Å². The Kier molecular flexibility index (Phi) is 5.71. The summed E-state index contributed by atoms with van der Waals surface area (Å²) in [7, 11) is 1.43. The Hall–Kier alpha value is -2.66. The van der Waals surface area contributed by atoms with E-state index in [9.17, 15) is 14.4 Å². The molecule has 0 spiro atoms. The predicted octanol–water partition coefficient (Wildman–Crippen LogP) is 3.44. The Morgan fingerprint density at radius 3 is 2.50 bits per heavy atom. The van der Waals surface area contributed by atoms with Crippen LogP contribution in [-0.4, -0.2) is 24.6 Å². The summed E-state index contributed by atoms with van der Waals surface area (Å²) >= 11 is 6.01. The molecule has 5 nitrogen and oxygen atoms in total. The number of methoxy groups -OCH3 is 1. The minimum absolute atomic E-state index is 0.259. The van der Waals surface area contributed by atoms with Gasteiger partial charge in [0, 0.05) is 0 Å². The molecular weight excluding hydrogens is 330 g/mol. The van der Waals surface area contributed by atoms with Gasteiger partial charge in [0.15, 0.2) is 5.78 Å². The van der Waals surface area contributed by atoms with E-state index in [2.05, 4.69) is 5.32 Å². The molecule has 0 atom stereocenters. The smallest absolute Gasteiger partial charge is 0.292 e. The highest BCUT2D eigenvalue weighted by atomic mass is 35.5. The zero-order valence-electron chi connectivity index (χ0n) is 13.3. The number of ketones is 2. The summed E-state index contributed by atoms with van der Waals surface area (Å²) in [4.78, 5) is 36.2. The summed E-state index contributed by atoms with van der Waals surface area (Å²) in [5.41, 5.74) is 1.51. The van der Waals surface area contributed by atoms with Crippen LogP contribution >= 0.6 is 11.6 Å². The quantitative estimate of drug-likeness (QED) is 0.494. The third-order valence-corrected chi connectivity index (χ3v) is 3.67. The van der Waals surface area contributed by atoms with E-state index in [4.69, 9.17) is 16.3 Å². The molecule has 0 radical (unpaired) electrons. The fourth-order valence-corrected chi connectivity index (χ4v) is 2.39. The minimum Gasteiger partial charge on any atom is -0.496 e. The van der Waals surface area contributed by atoms with Gasteiger partial charge in [0.05, 0.1) is 29.8 Å². The molecule has 1 N–H and O–H groups in total. The first-order chi connectivity index (χ1) is 11.4. The zero-order valence-corrected chi connectivity index (χ0v) is 14.0. The van der Waals surface area contributed by atoms with Gasteiger partial charge in [-0.15, -0.1) is 0 Å². The number of para-hydroxylation sites is 1. The third kappa shape index (κ3) is 4.20. The topological polar surface area (TPSA) is 72.5 Å². The van der Waals surface area contributed by atoms with Crippen molar-refractivity contribution >= 4 is 34.8 Å². The third-order valence-electron chi connectivity index (χ3n) is 3.35. The van der Waals surface area contributed by atoms with Gasteiger partial charge >= 0.3 is 0 Å². The molecular formula is C18H16ClNO4. The van der Waals surface area contributed by atoms with E-state index < -0.39 is 23.9 Å². The Morgan fingerprint density at radius 1 is 1.12 bits per heavy atom. The molecule has 0 aliphatic carbocycles. The number of rotatable bonds is 6. The van der Waals surface area contributed by atoms with Gasteiger partial charge in [-0.3, -0.25) is 14.4 Å². The van der Waals surface area contributed by atoms with Crippen molar-refractivity contribution in [3.8, 4) is 5.75 Å². The maximum atomic E-state index is 12.2. The average Bonchev–Trinajstić information content (AvgIpc) is 2.57. The van der Waals surface area contributed by atoms with Gasteiger partial charge in [-0.2, -0.15) is 0 Å². The average molecular weight is 346 g/mol. The molecule has 6 heteroatoms. The second-order valence-electron chi connectivity index (χ2n) is 5.16. The van der Waals surface area contributed by atoms with Crippen molar-refractivity contribution in [3.05, 3.63) is 58.6 Å². The van der Waals surface area contributed by atoms with Crippen LogP contribution in [0.1, 0.15) is 22.3 Å². The van der Waals surface area contributed by atoms with Crippen LogP contribution in [-0.2, 0) is 9.59 Å². The highest BCUT2D eigenvalue weighted by Crippen LogP contribution is 2.23. The van der Waals surface area contributed by atoms with Crippen LogP contribution in [0, 0.1) is 6.92 Å². The summed E-state index contributed by atoms with van der Waals surface area (Å²) in [5.74, 6) is -1.86. The van der Waals surface area contributed by atoms with Crippen LogP contribution in [0.25, 0.3) is 0 Å². The predicted molar refractivity (Wildman–Crippen MR) is 91.8 cm³/mol. The number of carbonyl (C=O) groups is 3. The summed E-state index contributed by atoms with van der Waals surface area (Å²) < 4.78 is 5.08. The molecule has 2 aromatic rings. The molecule has 0 saturated heterocycles. The number of amides is 1. The van der Waals surface area contributed by atoms with Crippen LogP contribution in [0.3, 0.4) is 0 Å². The maximum absolute atomic E-state index is 12.2. The lowest BCUT2D eigenvalue weighted by atomic mass is 10.0. The van der Waals surface area contributed by atoms with Crippen molar-refractivity contribution in [1.82, 2.24) is 0 Å². The normalized spacial score (nSPS) is 10.1. The van der Waals surface area contributed by atoms with Crippen molar-refractivity contribution in [2.75, 3.05) is 12.4 Å². The molecule has 0 bridgehead atoms. The van der Waals surface area contributed by atoms with Crippen molar-refractivity contribution in [3.63, 3.8) is 0 Å². The number of ether oxygens (including phenoxy) is 1.